The number of rotatable bonds is 7. The Morgan fingerprint density at radius 3 is 2.61 bits per heavy atom. The van der Waals surface area contributed by atoms with E-state index >= 15 is 0 Å². The van der Waals surface area contributed by atoms with E-state index in [-0.39, 0.29) is 29.4 Å². The molecule has 1 aliphatic heterocycles. The van der Waals surface area contributed by atoms with Crippen molar-refractivity contribution >= 4 is 23.3 Å². The monoisotopic (exact) mass is 477 g/mol. The van der Waals surface area contributed by atoms with Crippen LogP contribution in [0.15, 0.2) is 11.2 Å². The number of unbranched alkanes of at least 4 members (excludes halogenated alkanes) is 1. The van der Waals surface area contributed by atoms with E-state index in [1.165, 1.54) is 0 Å². The highest BCUT2D eigenvalue weighted by Gasteiger charge is 2.58. The largest absolute Gasteiger partial charge is 0.376 e. The third-order valence-electron chi connectivity index (χ3n) is 7.94. The van der Waals surface area contributed by atoms with Crippen molar-refractivity contribution in [2.24, 2.45) is 21.7 Å². The summed E-state index contributed by atoms with van der Waals surface area (Å²) in [6, 6.07) is 0. The van der Waals surface area contributed by atoms with Gasteiger partial charge in [-0.15, -0.1) is 0 Å². The molecule has 2 heterocycles. The van der Waals surface area contributed by atoms with Gasteiger partial charge in [-0.3, -0.25) is 13.5 Å². The molecule has 1 N–H and O–H groups in total. The van der Waals surface area contributed by atoms with E-state index in [0.717, 1.165) is 48.9 Å². The third-order valence-corrected chi connectivity index (χ3v) is 9.32. The molecule has 1 saturated carbocycles. The molecule has 0 unspecified atom stereocenters. The summed E-state index contributed by atoms with van der Waals surface area (Å²) in [5.74, 6) is -0.259. The molecule has 186 valence electrons. The smallest absolute Gasteiger partial charge is 0.253 e. The normalized spacial score (nSPS) is 27.8. The minimum atomic E-state index is -0.669. The lowest BCUT2D eigenvalue weighted by molar-refractivity contribution is -0.136. The molecule has 0 spiro atoms. The molecule has 7 heteroatoms. The van der Waals surface area contributed by atoms with Gasteiger partial charge in [0.15, 0.2) is 0 Å². The van der Waals surface area contributed by atoms with Crippen molar-refractivity contribution < 1.29 is 14.3 Å². The van der Waals surface area contributed by atoms with Crippen molar-refractivity contribution in [1.29, 1.82) is 0 Å². The zero-order valence-electron chi connectivity index (χ0n) is 21.6. The summed E-state index contributed by atoms with van der Waals surface area (Å²) in [4.78, 5) is 31.4. The summed E-state index contributed by atoms with van der Waals surface area (Å²) in [5.41, 5.74) is -0.0482. The molecule has 1 aliphatic carbocycles. The highest BCUT2D eigenvalue weighted by Crippen LogP contribution is 2.56. The highest BCUT2D eigenvalue weighted by molar-refractivity contribution is 7.04. The summed E-state index contributed by atoms with van der Waals surface area (Å²) in [5, 5.41) is 3.09. The predicted molar refractivity (Wildman–Crippen MR) is 133 cm³/mol. The summed E-state index contributed by atoms with van der Waals surface area (Å²) in [7, 11) is 0. The van der Waals surface area contributed by atoms with Crippen LogP contribution in [0, 0.1) is 16.7 Å². The van der Waals surface area contributed by atoms with Crippen LogP contribution in [0.2, 0.25) is 0 Å². The Bertz CT molecular complexity index is 918. The Hall–Kier alpha value is -1.47. The number of ether oxygens (including phenoxy) is 1. The molecule has 6 nitrogen and oxygen atoms in total. The van der Waals surface area contributed by atoms with Crippen LogP contribution < -0.4 is 9.99 Å². The zero-order chi connectivity index (χ0) is 24.4. The van der Waals surface area contributed by atoms with Gasteiger partial charge < -0.3 is 10.1 Å². The van der Waals surface area contributed by atoms with Gasteiger partial charge in [-0.25, -0.2) is 4.99 Å². The maximum Gasteiger partial charge on any atom is 0.253 e. The van der Waals surface area contributed by atoms with E-state index in [0.29, 0.717) is 19.4 Å². The maximum absolute atomic E-state index is 13.7. The fraction of sp³-hybridized carbons (Fsp3) is 0.808. The minimum absolute atomic E-state index is 0.0392. The van der Waals surface area contributed by atoms with Gasteiger partial charge in [-0.1, -0.05) is 34.1 Å². The van der Waals surface area contributed by atoms with Crippen LogP contribution in [0.4, 0.5) is 0 Å². The Morgan fingerprint density at radius 1 is 1.27 bits per heavy atom. The second-order valence-electron chi connectivity index (χ2n) is 11.6. The van der Waals surface area contributed by atoms with E-state index in [2.05, 4.69) is 57.0 Å². The van der Waals surface area contributed by atoms with E-state index in [1.807, 2.05) is 6.92 Å². The molecule has 2 fully saturated rings. The van der Waals surface area contributed by atoms with E-state index in [1.54, 1.807) is 11.5 Å². The fourth-order valence-electron chi connectivity index (χ4n) is 5.04. The quantitative estimate of drug-likeness (QED) is 0.612. The second kappa shape index (κ2) is 10.0. The Labute approximate surface area is 203 Å². The van der Waals surface area contributed by atoms with Gasteiger partial charge in [-0.05, 0) is 76.2 Å². The van der Waals surface area contributed by atoms with Crippen molar-refractivity contribution in [2.45, 2.75) is 105 Å². The molecule has 1 aromatic rings. The van der Waals surface area contributed by atoms with Crippen molar-refractivity contribution in [2.75, 3.05) is 13.2 Å². The first-order chi connectivity index (χ1) is 15.4. The van der Waals surface area contributed by atoms with Crippen LogP contribution in [0.5, 0.6) is 0 Å². The van der Waals surface area contributed by atoms with E-state index < -0.39 is 10.8 Å². The topological polar surface area (TPSA) is 72.7 Å². The summed E-state index contributed by atoms with van der Waals surface area (Å²) < 4.78 is 8.67. The number of aromatic nitrogens is 1. The first-order valence-corrected chi connectivity index (χ1v) is 13.4. The van der Waals surface area contributed by atoms with Crippen LogP contribution in [0.1, 0.15) is 92.6 Å². The van der Waals surface area contributed by atoms with Crippen LogP contribution in [-0.2, 0) is 26.3 Å². The van der Waals surface area contributed by atoms with E-state index in [9.17, 15) is 9.59 Å². The molecule has 2 amide bonds. The number of aryl methyl sites for hydroxylation is 1. The molecule has 33 heavy (non-hydrogen) atoms. The van der Waals surface area contributed by atoms with Gasteiger partial charge in [0.2, 0.25) is 5.91 Å². The van der Waals surface area contributed by atoms with Crippen molar-refractivity contribution in [3.05, 3.63) is 16.4 Å². The number of carbonyl (C=O) groups excluding carboxylic acids is 2. The van der Waals surface area contributed by atoms with E-state index in [4.69, 9.17) is 9.73 Å². The Kier molecular flexibility index (Phi) is 7.94. The van der Waals surface area contributed by atoms with Gasteiger partial charge in [0.1, 0.15) is 4.67 Å². The van der Waals surface area contributed by atoms with Crippen molar-refractivity contribution in [3.8, 4) is 0 Å². The minimum Gasteiger partial charge on any atom is -0.376 e. The van der Waals surface area contributed by atoms with Gasteiger partial charge in [0, 0.05) is 36.4 Å². The lowest BCUT2D eigenvalue weighted by Gasteiger charge is -2.38. The van der Waals surface area contributed by atoms with Crippen molar-refractivity contribution in [1.82, 2.24) is 9.27 Å². The second-order valence-corrected chi connectivity index (χ2v) is 12.6. The van der Waals surface area contributed by atoms with Crippen molar-refractivity contribution in [3.63, 3.8) is 0 Å². The first kappa shape index (κ1) is 26.1. The standard InChI is InChI=1S/C26H43N3O3S/c1-8-9-11-18-17-29(24(2,3)4)33-22(18)28-23(31)26(7)14-13-20(25(26,5)6)21(30)27-16-19-12-10-15-32-19/h17,19-20H,8-16H2,1-7H3,(H,27,30)/t19-,20+,26-/m0/s1. The number of amides is 2. The molecule has 3 atom stereocenters. The molecule has 1 aromatic heterocycles. The lowest BCUT2D eigenvalue weighted by atomic mass is 9.65. The summed E-state index contributed by atoms with van der Waals surface area (Å²) in [6.07, 6.45) is 8.83. The number of hydrogen-bond acceptors (Lipinski definition) is 4. The average molecular weight is 478 g/mol. The maximum atomic E-state index is 13.7. The van der Waals surface area contributed by atoms with Crippen LogP contribution in [0.25, 0.3) is 0 Å². The fourth-order valence-corrected chi connectivity index (χ4v) is 6.07. The number of carbonyl (C=O) groups is 2. The highest BCUT2D eigenvalue weighted by atomic mass is 32.1. The Balaban J connectivity index is 1.82. The van der Waals surface area contributed by atoms with Crippen LogP contribution >= 0.6 is 11.5 Å². The number of nitrogens with one attached hydrogen (secondary N) is 1. The molecule has 0 radical (unpaired) electrons. The van der Waals surface area contributed by atoms with Gasteiger partial charge in [0.25, 0.3) is 5.91 Å². The average Bonchev–Trinajstić information content (AvgIpc) is 3.44. The number of nitrogens with zero attached hydrogens (tertiary/aromatic N) is 2. The molecule has 1 saturated heterocycles. The predicted octanol–water partition coefficient (Wildman–Crippen LogP) is 4.81. The van der Waals surface area contributed by atoms with Crippen LogP contribution in [-0.4, -0.2) is 35.0 Å². The molecule has 0 bridgehead atoms. The van der Waals surface area contributed by atoms with Gasteiger partial charge in [0.05, 0.1) is 11.5 Å². The Morgan fingerprint density at radius 2 is 2.00 bits per heavy atom. The first-order valence-electron chi connectivity index (χ1n) is 12.6. The summed E-state index contributed by atoms with van der Waals surface area (Å²) in [6.45, 7) is 16.1. The number of hydrogen-bond donors (Lipinski definition) is 1. The van der Waals surface area contributed by atoms with Crippen LogP contribution in [0.3, 0.4) is 0 Å². The third kappa shape index (κ3) is 5.45. The lowest BCUT2D eigenvalue weighted by Crippen LogP contribution is -2.46. The molecule has 0 aromatic carbocycles. The molecule has 2 aliphatic rings. The SMILES string of the molecule is CCCCc1cn(C(C)(C)C)sc1=NC(=O)[C@]1(C)CC[C@H](C(=O)NC[C@@H]2CCCO2)C1(C)C. The molecule has 3 rings (SSSR count). The van der Waals surface area contributed by atoms with Gasteiger partial charge >= 0.3 is 0 Å². The molecular formula is C26H43N3O3S. The van der Waals surface area contributed by atoms with Gasteiger partial charge in [-0.2, -0.15) is 0 Å². The molecular weight excluding hydrogens is 434 g/mol. The zero-order valence-corrected chi connectivity index (χ0v) is 22.4. The summed E-state index contributed by atoms with van der Waals surface area (Å²) >= 11 is 1.57.